The fraction of sp³-hybridized carbons (Fsp3) is 0.185. The third kappa shape index (κ3) is 5.66. The average Bonchev–Trinajstić information content (AvgIpc) is 3.09. The van der Waals surface area contributed by atoms with Crippen molar-refractivity contribution in [3.63, 3.8) is 0 Å². The highest BCUT2D eigenvalue weighted by atomic mass is 32.2. The van der Waals surface area contributed by atoms with Gasteiger partial charge in [-0.25, -0.2) is 9.38 Å². The number of aryl methyl sites for hydroxylation is 1. The summed E-state index contributed by atoms with van der Waals surface area (Å²) in [5, 5.41) is 0.629. The van der Waals surface area contributed by atoms with Crippen LogP contribution in [0.2, 0.25) is 0 Å². The van der Waals surface area contributed by atoms with Gasteiger partial charge in [0.1, 0.15) is 12.4 Å². The molecule has 0 atom stereocenters. The van der Waals surface area contributed by atoms with Gasteiger partial charge in [0, 0.05) is 7.05 Å². The summed E-state index contributed by atoms with van der Waals surface area (Å²) < 4.78 is 24.8. The van der Waals surface area contributed by atoms with Crippen LogP contribution in [0.25, 0.3) is 6.08 Å². The molecule has 34 heavy (non-hydrogen) atoms. The molecule has 3 aromatic rings. The number of ether oxygens (including phenoxy) is 2. The van der Waals surface area contributed by atoms with Crippen LogP contribution in [0.3, 0.4) is 0 Å². The van der Waals surface area contributed by atoms with Gasteiger partial charge < -0.3 is 9.47 Å². The van der Waals surface area contributed by atoms with E-state index in [1.165, 1.54) is 23.9 Å². The number of amidine groups is 1. The monoisotopic (exact) mass is 476 g/mol. The molecule has 1 fully saturated rings. The molecular formula is C27H25FN2O3S. The number of aliphatic imine (C=N–C) groups is 1. The van der Waals surface area contributed by atoms with Crippen LogP contribution in [0.15, 0.2) is 76.6 Å². The molecule has 0 radical (unpaired) electrons. The molecule has 1 aliphatic rings. The molecule has 0 N–H and O–H groups in total. The van der Waals surface area contributed by atoms with Crippen molar-refractivity contribution in [1.82, 2.24) is 4.90 Å². The predicted octanol–water partition coefficient (Wildman–Crippen LogP) is 6.35. The topological polar surface area (TPSA) is 51.1 Å². The number of amides is 1. The van der Waals surface area contributed by atoms with Gasteiger partial charge >= 0.3 is 0 Å². The van der Waals surface area contributed by atoms with Gasteiger partial charge in [0.25, 0.3) is 5.91 Å². The summed E-state index contributed by atoms with van der Waals surface area (Å²) in [6.45, 7) is 4.68. The number of hydrogen-bond donors (Lipinski definition) is 0. The molecule has 1 heterocycles. The van der Waals surface area contributed by atoms with Gasteiger partial charge in [-0.3, -0.25) is 9.69 Å². The van der Waals surface area contributed by atoms with Crippen molar-refractivity contribution in [2.45, 2.75) is 20.5 Å². The number of likely N-dealkylation sites (N-methyl/N-ethyl adjacent to an activating group) is 1. The lowest BCUT2D eigenvalue weighted by Gasteiger charge is -2.13. The molecule has 0 bridgehead atoms. The van der Waals surface area contributed by atoms with Crippen LogP contribution < -0.4 is 9.47 Å². The molecule has 3 aromatic carbocycles. The lowest BCUT2D eigenvalue weighted by Crippen LogP contribution is -2.23. The Morgan fingerprint density at radius 3 is 2.44 bits per heavy atom. The predicted molar refractivity (Wildman–Crippen MR) is 135 cm³/mol. The highest BCUT2D eigenvalue weighted by molar-refractivity contribution is 8.18. The SMILES string of the molecule is CCOc1cc(/C=C2/SC(=Nc3ccc(C)cc3)N(C)C2=O)ccc1OCc1ccc(F)cc1. The minimum Gasteiger partial charge on any atom is -0.490 e. The zero-order chi connectivity index (χ0) is 24.1. The van der Waals surface area contributed by atoms with Crippen LogP contribution in [0.5, 0.6) is 11.5 Å². The Morgan fingerprint density at radius 1 is 1.00 bits per heavy atom. The molecule has 0 aliphatic carbocycles. The first-order valence-electron chi connectivity index (χ1n) is 10.9. The van der Waals surface area contributed by atoms with E-state index in [0.717, 1.165) is 22.4 Å². The fourth-order valence-corrected chi connectivity index (χ4v) is 4.26. The number of halogens is 1. The number of thioether (sulfide) groups is 1. The van der Waals surface area contributed by atoms with Crippen LogP contribution >= 0.6 is 11.8 Å². The van der Waals surface area contributed by atoms with Crippen molar-refractivity contribution >= 4 is 34.6 Å². The maximum absolute atomic E-state index is 13.1. The summed E-state index contributed by atoms with van der Waals surface area (Å²) in [7, 11) is 1.72. The molecule has 174 valence electrons. The van der Waals surface area contributed by atoms with Gasteiger partial charge in [-0.15, -0.1) is 0 Å². The lowest BCUT2D eigenvalue weighted by molar-refractivity contribution is -0.121. The molecule has 0 unspecified atom stereocenters. The Labute approximate surface area is 202 Å². The van der Waals surface area contributed by atoms with Crippen LogP contribution in [0.1, 0.15) is 23.6 Å². The van der Waals surface area contributed by atoms with E-state index >= 15 is 0 Å². The second-order valence-electron chi connectivity index (χ2n) is 7.76. The molecule has 1 amide bonds. The second-order valence-corrected chi connectivity index (χ2v) is 8.77. The van der Waals surface area contributed by atoms with Crippen LogP contribution in [0.4, 0.5) is 10.1 Å². The van der Waals surface area contributed by atoms with Crippen molar-refractivity contribution in [1.29, 1.82) is 0 Å². The number of nitrogens with zero attached hydrogens (tertiary/aromatic N) is 2. The van der Waals surface area contributed by atoms with E-state index < -0.39 is 0 Å². The summed E-state index contributed by atoms with van der Waals surface area (Å²) >= 11 is 1.34. The van der Waals surface area contributed by atoms with Crippen LogP contribution in [-0.2, 0) is 11.4 Å². The molecule has 4 rings (SSSR count). The van der Waals surface area contributed by atoms with Gasteiger partial charge in [-0.2, -0.15) is 0 Å². The van der Waals surface area contributed by atoms with E-state index in [4.69, 9.17) is 9.47 Å². The first-order valence-corrected chi connectivity index (χ1v) is 11.7. The third-order valence-electron chi connectivity index (χ3n) is 5.14. The highest BCUT2D eigenvalue weighted by Gasteiger charge is 2.30. The number of carbonyl (C=O) groups is 1. The zero-order valence-corrected chi connectivity index (χ0v) is 20.1. The fourth-order valence-electron chi connectivity index (χ4n) is 3.28. The van der Waals surface area contributed by atoms with Gasteiger partial charge in [0.2, 0.25) is 0 Å². The maximum Gasteiger partial charge on any atom is 0.266 e. The smallest absolute Gasteiger partial charge is 0.266 e. The van der Waals surface area contributed by atoms with Gasteiger partial charge in [-0.05, 0) is 79.2 Å². The number of rotatable bonds is 7. The Bertz CT molecular complexity index is 1240. The normalized spacial score (nSPS) is 15.9. The molecule has 0 aromatic heterocycles. The average molecular weight is 477 g/mol. The van der Waals surface area contributed by atoms with E-state index in [0.29, 0.717) is 34.8 Å². The van der Waals surface area contributed by atoms with Gasteiger partial charge in [0.15, 0.2) is 16.7 Å². The number of hydrogen-bond acceptors (Lipinski definition) is 5. The quantitative estimate of drug-likeness (QED) is 0.373. The van der Waals surface area contributed by atoms with E-state index in [2.05, 4.69) is 4.99 Å². The highest BCUT2D eigenvalue weighted by Crippen LogP contribution is 2.35. The van der Waals surface area contributed by atoms with Crippen molar-refractivity contribution in [3.8, 4) is 11.5 Å². The molecule has 0 spiro atoms. The van der Waals surface area contributed by atoms with E-state index in [1.54, 1.807) is 24.1 Å². The molecular weight excluding hydrogens is 451 g/mol. The summed E-state index contributed by atoms with van der Waals surface area (Å²) in [5.74, 6) is 0.771. The minimum atomic E-state index is -0.284. The van der Waals surface area contributed by atoms with Crippen molar-refractivity contribution in [3.05, 3.63) is 94.1 Å². The molecule has 1 saturated heterocycles. The van der Waals surface area contributed by atoms with Crippen LogP contribution in [-0.4, -0.2) is 29.6 Å². The Balaban J connectivity index is 1.53. The lowest BCUT2D eigenvalue weighted by atomic mass is 10.1. The standard InChI is InChI=1S/C27H25FN2O3S/c1-4-32-24-15-20(9-14-23(24)33-17-19-7-10-21(28)11-8-19)16-25-26(31)30(3)27(34-25)29-22-12-5-18(2)6-13-22/h5-16H,4,17H2,1-3H3/b25-16+,29-27?. The Hall–Kier alpha value is -3.58. The zero-order valence-electron chi connectivity index (χ0n) is 19.2. The van der Waals surface area contributed by atoms with Crippen molar-refractivity contribution in [2.75, 3.05) is 13.7 Å². The minimum absolute atomic E-state index is 0.106. The molecule has 1 aliphatic heterocycles. The molecule has 0 saturated carbocycles. The van der Waals surface area contributed by atoms with Gasteiger partial charge in [-0.1, -0.05) is 35.9 Å². The maximum atomic E-state index is 13.1. The summed E-state index contributed by atoms with van der Waals surface area (Å²) in [6, 6.07) is 19.6. The van der Waals surface area contributed by atoms with Crippen LogP contribution in [0, 0.1) is 12.7 Å². The van der Waals surface area contributed by atoms with E-state index in [9.17, 15) is 9.18 Å². The summed E-state index contributed by atoms with van der Waals surface area (Å²) in [5.41, 5.74) is 3.63. The third-order valence-corrected chi connectivity index (χ3v) is 6.20. The first kappa shape index (κ1) is 23.6. The summed E-state index contributed by atoms with van der Waals surface area (Å²) in [6.07, 6.45) is 1.83. The number of carbonyl (C=O) groups excluding carboxylic acids is 1. The van der Waals surface area contributed by atoms with E-state index in [1.807, 2.05) is 62.4 Å². The molecule has 5 nitrogen and oxygen atoms in total. The largest absolute Gasteiger partial charge is 0.490 e. The second kappa shape index (κ2) is 10.6. The van der Waals surface area contributed by atoms with Crippen molar-refractivity contribution in [2.24, 2.45) is 4.99 Å². The van der Waals surface area contributed by atoms with Gasteiger partial charge in [0.05, 0.1) is 17.2 Å². The molecule has 7 heteroatoms. The Kier molecular flexibility index (Phi) is 7.33. The first-order chi connectivity index (χ1) is 16.4. The summed E-state index contributed by atoms with van der Waals surface area (Å²) in [4.78, 5) is 19.6. The van der Waals surface area contributed by atoms with E-state index in [-0.39, 0.29) is 11.7 Å². The number of benzene rings is 3. The Morgan fingerprint density at radius 2 is 1.74 bits per heavy atom. The van der Waals surface area contributed by atoms with Crippen molar-refractivity contribution < 1.29 is 18.7 Å².